The molecule has 0 radical (unpaired) electrons. The largest absolute Gasteiger partial charge is 0.314 e. The van der Waals surface area contributed by atoms with Crippen LogP contribution in [0.25, 0.3) is 0 Å². The van der Waals surface area contributed by atoms with Gasteiger partial charge >= 0.3 is 0 Å². The van der Waals surface area contributed by atoms with Crippen molar-refractivity contribution in [2.75, 3.05) is 26.2 Å². The highest BCUT2D eigenvalue weighted by Crippen LogP contribution is 2.13. The first-order valence-electron chi connectivity index (χ1n) is 6.20. The summed E-state index contributed by atoms with van der Waals surface area (Å²) in [5.41, 5.74) is 2.68. The zero-order valence-corrected chi connectivity index (χ0v) is 10.3. The Balaban J connectivity index is 1.94. The molecule has 0 bridgehead atoms. The lowest BCUT2D eigenvalue weighted by atomic mass is 10.0. The fourth-order valence-corrected chi connectivity index (χ4v) is 2.17. The minimum atomic E-state index is 0.683. The van der Waals surface area contributed by atoms with E-state index in [0.717, 1.165) is 39.1 Å². The molecular weight excluding hydrogens is 200 g/mol. The second-order valence-electron chi connectivity index (χ2n) is 5.00. The highest BCUT2D eigenvalue weighted by molar-refractivity contribution is 5.16. The molecule has 2 heterocycles. The molecule has 1 aliphatic rings. The Morgan fingerprint density at radius 3 is 2.81 bits per heavy atom. The van der Waals surface area contributed by atoms with Crippen LogP contribution in [-0.4, -0.2) is 41.3 Å². The van der Waals surface area contributed by atoms with Gasteiger partial charge in [-0.15, -0.1) is 0 Å². The van der Waals surface area contributed by atoms with Crippen molar-refractivity contribution in [3.63, 3.8) is 0 Å². The van der Waals surface area contributed by atoms with Crippen molar-refractivity contribution in [2.24, 2.45) is 5.92 Å². The molecule has 0 unspecified atom stereocenters. The Bertz CT molecular complexity index is 313. The summed E-state index contributed by atoms with van der Waals surface area (Å²) in [5.74, 6) is 0.683. The summed E-state index contributed by atoms with van der Waals surface area (Å²) < 4.78 is 0. The van der Waals surface area contributed by atoms with Crippen molar-refractivity contribution in [3.05, 3.63) is 17.5 Å². The quantitative estimate of drug-likeness (QED) is 0.799. The van der Waals surface area contributed by atoms with Crippen LogP contribution in [-0.2, 0) is 13.0 Å². The van der Waals surface area contributed by atoms with Crippen LogP contribution in [0.5, 0.6) is 0 Å². The molecule has 0 aliphatic carbocycles. The highest BCUT2D eigenvalue weighted by Gasteiger charge is 2.13. The molecule has 1 aliphatic heterocycles. The maximum Gasteiger partial charge on any atom is 0.0535 e. The van der Waals surface area contributed by atoms with Crippen LogP contribution < -0.4 is 5.32 Å². The van der Waals surface area contributed by atoms with Crippen molar-refractivity contribution in [2.45, 2.75) is 26.8 Å². The second-order valence-corrected chi connectivity index (χ2v) is 5.00. The third-order valence-corrected chi connectivity index (χ3v) is 3.02. The number of aromatic nitrogens is 2. The number of nitrogens with one attached hydrogen (secondary N) is 2. The standard InChI is InChI=1S/C12H22N4/c1-10(2)7-12-11(8-14-15-12)9-16-5-3-13-4-6-16/h8,10,13H,3-7,9H2,1-2H3,(H,14,15). The molecule has 4 nitrogen and oxygen atoms in total. The monoisotopic (exact) mass is 222 g/mol. The first-order chi connectivity index (χ1) is 7.75. The number of rotatable bonds is 4. The van der Waals surface area contributed by atoms with Crippen LogP contribution in [0, 0.1) is 5.92 Å². The van der Waals surface area contributed by atoms with Gasteiger partial charge in [0.1, 0.15) is 0 Å². The first-order valence-corrected chi connectivity index (χ1v) is 6.20. The van der Waals surface area contributed by atoms with Crippen LogP contribution in [0.2, 0.25) is 0 Å². The van der Waals surface area contributed by atoms with Crippen LogP contribution in [0.15, 0.2) is 6.20 Å². The minimum absolute atomic E-state index is 0.683. The molecule has 0 amide bonds. The molecule has 0 saturated carbocycles. The smallest absolute Gasteiger partial charge is 0.0535 e. The van der Waals surface area contributed by atoms with Crippen molar-refractivity contribution >= 4 is 0 Å². The molecule has 2 rings (SSSR count). The van der Waals surface area contributed by atoms with Gasteiger partial charge in [0.2, 0.25) is 0 Å². The molecular formula is C12H22N4. The van der Waals surface area contributed by atoms with Gasteiger partial charge in [-0.2, -0.15) is 5.10 Å². The van der Waals surface area contributed by atoms with Gasteiger partial charge in [-0.3, -0.25) is 10.00 Å². The van der Waals surface area contributed by atoms with Gasteiger partial charge in [0.15, 0.2) is 0 Å². The van der Waals surface area contributed by atoms with E-state index in [9.17, 15) is 0 Å². The Kier molecular flexibility index (Phi) is 3.96. The van der Waals surface area contributed by atoms with Gasteiger partial charge < -0.3 is 5.32 Å². The lowest BCUT2D eigenvalue weighted by Gasteiger charge is -2.27. The van der Waals surface area contributed by atoms with Gasteiger partial charge in [0.05, 0.1) is 6.20 Å². The number of H-pyrrole nitrogens is 1. The van der Waals surface area contributed by atoms with Gasteiger partial charge in [-0.1, -0.05) is 13.8 Å². The van der Waals surface area contributed by atoms with Gasteiger partial charge in [0.25, 0.3) is 0 Å². The third kappa shape index (κ3) is 3.06. The molecule has 0 atom stereocenters. The van der Waals surface area contributed by atoms with Gasteiger partial charge in [-0.05, 0) is 12.3 Å². The number of hydrogen-bond donors (Lipinski definition) is 2. The van der Waals surface area contributed by atoms with Gasteiger partial charge in [0, 0.05) is 44.0 Å². The first kappa shape index (κ1) is 11.6. The molecule has 2 N–H and O–H groups in total. The predicted molar refractivity (Wildman–Crippen MR) is 65.3 cm³/mol. The lowest BCUT2D eigenvalue weighted by Crippen LogP contribution is -2.42. The van der Waals surface area contributed by atoms with E-state index in [2.05, 4.69) is 34.3 Å². The van der Waals surface area contributed by atoms with Crippen LogP contribution in [0.3, 0.4) is 0 Å². The van der Waals surface area contributed by atoms with E-state index in [1.807, 2.05) is 6.20 Å². The minimum Gasteiger partial charge on any atom is -0.314 e. The number of hydrogen-bond acceptors (Lipinski definition) is 3. The summed E-state index contributed by atoms with van der Waals surface area (Å²) in [4.78, 5) is 2.49. The molecule has 0 aromatic carbocycles. The molecule has 1 aromatic heterocycles. The Morgan fingerprint density at radius 1 is 1.38 bits per heavy atom. The maximum atomic E-state index is 4.17. The van der Waals surface area contributed by atoms with E-state index in [-0.39, 0.29) is 0 Å². The molecule has 90 valence electrons. The van der Waals surface area contributed by atoms with E-state index in [1.54, 1.807) is 0 Å². The SMILES string of the molecule is CC(C)Cc1[nH]ncc1CN1CCNCC1. The van der Waals surface area contributed by atoms with Crippen LogP contribution >= 0.6 is 0 Å². The Morgan fingerprint density at radius 2 is 2.12 bits per heavy atom. The van der Waals surface area contributed by atoms with Crippen molar-refractivity contribution < 1.29 is 0 Å². The fraction of sp³-hybridized carbons (Fsp3) is 0.750. The van der Waals surface area contributed by atoms with Crippen LogP contribution in [0.4, 0.5) is 0 Å². The van der Waals surface area contributed by atoms with Crippen molar-refractivity contribution in [1.82, 2.24) is 20.4 Å². The Labute approximate surface area is 97.4 Å². The van der Waals surface area contributed by atoms with E-state index in [1.165, 1.54) is 11.3 Å². The summed E-state index contributed by atoms with van der Waals surface area (Å²) in [6.45, 7) is 10.0. The summed E-state index contributed by atoms with van der Waals surface area (Å²) in [6.07, 6.45) is 3.08. The molecule has 1 saturated heterocycles. The predicted octanol–water partition coefficient (Wildman–Crippen LogP) is 1.01. The van der Waals surface area contributed by atoms with E-state index >= 15 is 0 Å². The second kappa shape index (κ2) is 5.46. The number of piperazine rings is 1. The summed E-state index contributed by atoms with van der Waals surface area (Å²) >= 11 is 0. The third-order valence-electron chi connectivity index (χ3n) is 3.02. The summed E-state index contributed by atoms with van der Waals surface area (Å²) in [6, 6.07) is 0. The van der Waals surface area contributed by atoms with Gasteiger partial charge in [-0.25, -0.2) is 0 Å². The normalized spacial score (nSPS) is 18.2. The average Bonchev–Trinajstić information content (AvgIpc) is 2.66. The molecule has 4 heteroatoms. The highest BCUT2D eigenvalue weighted by atomic mass is 15.2. The lowest BCUT2D eigenvalue weighted by molar-refractivity contribution is 0.232. The molecule has 1 fully saturated rings. The Hall–Kier alpha value is -0.870. The van der Waals surface area contributed by atoms with E-state index in [4.69, 9.17) is 0 Å². The zero-order chi connectivity index (χ0) is 11.4. The molecule has 16 heavy (non-hydrogen) atoms. The fourth-order valence-electron chi connectivity index (χ4n) is 2.17. The molecule has 1 aromatic rings. The number of aromatic amines is 1. The number of nitrogens with zero attached hydrogens (tertiary/aromatic N) is 2. The average molecular weight is 222 g/mol. The topological polar surface area (TPSA) is 44.0 Å². The van der Waals surface area contributed by atoms with E-state index in [0.29, 0.717) is 5.92 Å². The van der Waals surface area contributed by atoms with Crippen molar-refractivity contribution in [1.29, 1.82) is 0 Å². The zero-order valence-electron chi connectivity index (χ0n) is 10.3. The summed E-state index contributed by atoms with van der Waals surface area (Å²) in [5, 5.41) is 10.7. The van der Waals surface area contributed by atoms with Crippen LogP contribution in [0.1, 0.15) is 25.1 Å². The van der Waals surface area contributed by atoms with E-state index < -0.39 is 0 Å². The maximum absolute atomic E-state index is 4.17. The summed E-state index contributed by atoms with van der Waals surface area (Å²) in [7, 11) is 0. The van der Waals surface area contributed by atoms with Crippen molar-refractivity contribution in [3.8, 4) is 0 Å². The molecule has 0 spiro atoms.